The fourth-order valence-corrected chi connectivity index (χ4v) is 2.89. The molecule has 1 saturated heterocycles. The van der Waals surface area contributed by atoms with Gasteiger partial charge in [-0.2, -0.15) is 26.3 Å². The second-order valence-electron chi connectivity index (χ2n) is 5.59. The monoisotopic (exact) mass is 374 g/mol. The number of alkyl halides is 7. The maximum Gasteiger partial charge on any atom is 0.416 e. The number of nitrogens with one attached hydrogen (secondary N) is 1. The van der Waals surface area contributed by atoms with Gasteiger partial charge >= 0.3 is 12.4 Å². The summed E-state index contributed by atoms with van der Waals surface area (Å²) in [6.07, 6.45) is -10.1. The van der Waals surface area contributed by atoms with E-state index >= 15 is 0 Å². The van der Waals surface area contributed by atoms with E-state index in [0.717, 1.165) is 7.11 Å². The Hall–Kier alpha value is -1.55. The molecule has 0 bridgehead atoms. The number of nitrogens with zero attached hydrogens (tertiary/aromatic N) is 1. The fourth-order valence-electron chi connectivity index (χ4n) is 2.89. The minimum atomic E-state index is -5.08. The molecule has 0 saturated carbocycles. The van der Waals surface area contributed by atoms with Crippen LogP contribution < -0.4 is 10.1 Å². The fraction of sp³-hybridized carbons (Fsp3) is 0.600. The quantitative estimate of drug-likeness (QED) is 0.815. The van der Waals surface area contributed by atoms with Gasteiger partial charge in [0.2, 0.25) is 0 Å². The van der Waals surface area contributed by atoms with Crippen LogP contribution in [0.5, 0.6) is 5.75 Å². The number of ether oxygens (including phenoxy) is 1. The lowest BCUT2D eigenvalue weighted by molar-refractivity contribution is -0.144. The van der Waals surface area contributed by atoms with E-state index in [0.29, 0.717) is 19.2 Å². The standard InChI is InChI=1S/C15H17F7N2O/c1-25-12-7-9(14(17,18)19)6-10(15(20,21)22)13(12)11(8-16)24-4-2-23-3-5-24/h6-7,11,23H,2-5,8H2,1H3/t11-/m1/s1. The van der Waals surface area contributed by atoms with Crippen LogP contribution >= 0.6 is 0 Å². The molecule has 1 N–H and O–H groups in total. The van der Waals surface area contributed by atoms with Gasteiger partial charge in [-0.25, -0.2) is 4.39 Å². The third-order valence-corrected chi connectivity index (χ3v) is 4.07. The first kappa shape index (κ1) is 19.8. The maximum absolute atomic E-state index is 13.6. The van der Waals surface area contributed by atoms with E-state index in [4.69, 9.17) is 4.74 Å². The third kappa shape index (κ3) is 4.35. The second kappa shape index (κ2) is 7.36. The molecule has 0 amide bonds. The van der Waals surface area contributed by atoms with Gasteiger partial charge in [-0.3, -0.25) is 4.90 Å². The van der Waals surface area contributed by atoms with Gasteiger partial charge in [0.1, 0.15) is 12.4 Å². The van der Waals surface area contributed by atoms with Gasteiger partial charge in [-0.15, -0.1) is 0 Å². The van der Waals surface area contributed by atoms with Crippen LogP contribution in [-0.4, -0.2) is 44.9 Å². The van der Waals surface area contributed by atoms with Crippen molar-refractivity contribution in [3.63, 3.8) is 0 Å². The lowest BCUT2D eigenvalue weighted by atomic mass is 9.95. The Labute approximate surface area is 139 Å². The topological polar surface area (TPSA) is 24.5 Å². The van der Waals surface area contributed by atoms with Gasteiger partial charge in [0, 0.05) is 31.7 Å². The smallest absolute Gasteiger partial charge is 0.416 e. The number of hydrogen-bond acceptors (Lipinski definition) is 3. The lowest BCUT2D eigenvalue weighted by Crippen LogP contribution is -2.46. The minimum absolute atomic E-state index is 0.0166. The molecule has 0 aromatic heterocycles. The van der Waals surface area contributed by atoms with E-state index < -0.39 is 47.5 Å². The van der Waals surface area contributed by atoms with E-state index in [1.54, 1.807) is 0 Å². The van der Waals surface area contributed by atoms with Crippen molar-refractivity contribution in [2.45, 2.75) is 18.4 Å². The molecule has 1 fully saturated rings. The summed E-state index contributed by atoms with van der Waals surface area (Å²) in [6.45, 7) is 0.262. The zero-order chi connectivity index (χ0) is 18.8. The van der Waals surface area contributed by atoms with Crippen LogP contribution in [0.4, 0.5) is 30.7 Å². The normalized spacial score (nSPS) is 18.2. The van der Waals surface area contributed by atoms with Gasteiger partial charge in [-0.1, -0.05) is 0 Å². The van der Waals surface area contributed by atoms with Crippen molar-refractivity contribution in [2.24, 2.45) is 0 Å². The van der Waals surface area contributed by atoms with Crippen molar-refractivity contribution in [1.82, 2.24) is 10.2 Å². The molecule has 1 aliphatic heterocycles. The van der Waals surface area contributed by atoms with Gasteiger partial charge < -0.3 is 10.1 Å². The first-order valence-corrected chi connectivity index (χ1v) is 7.46. The molecule has 142 valence electrons. The molecule has 1 aliphatic rings. The largest absolute Gasteiger partial charge is 0.496 e. The summed E-state index contributed by atoms with van der Waals surface area (Å²) < 4.78 is 97.5. The Kier molecular flexibility index (Phi) is 5.82. The van der Waals surface area contributed by atoms with Crippen LogP contribution in [0.1, 0.15) is 22.7 Å². The number of hydrogen-bond donors (Lipinski definition) is 1. The van der Waals surface area contributed by atoms with Gasteiger partial charge in [0.15, 0.2) is 0 Å². The Balaban J connectivity index is 2.64. The summed E-state index contributed by atoms with van der Waals surface area (Å²) in [5, 5.41) is 2.98. The van der Waals surface area contributed by atoms with E-state index in [2.05, 4.69) is 5.32 Å². The SMILES string of the molecule is COc1cc(C(F)(F)F)cc(C(F)(F)F)c1[C@@H](CF)N1CCNCC1. The van der Waals surface area contributed by atoms with E-state index in [1.165, 1.54) is 4.90 Å². The van der Waals surface area contributed by atoms with Crippen molar-refractivity contribution in [2.75, 3.05) is 40.0 Å². The number of piperazine rings is 1. The molecule has 25 heavy (non-hydrogen) atoms. The molecule has 0 radical (unpaired) electrons. The minimum Gasteiger partial charge on any atom is -0.496 e. The Morgan fingerprint density at radius 3 is 2.12 bits per heavy atom. The predicted octanol–water partition coefficient (Wildman–Crippen LogP) is 3.65. The molecular weight excluding hydrogens is 357 g/mol. The molecule has 1 aromatic rings. The molecule has 0 aliphatic carbocycles. The first-order chi connectivity index (χ1) is 11.6. The van der Waals surface area contributed by atoms with Crippen molar-refractivity contribution in [3.05, 3.63) is 28.8 Å². The van der Waals surface area contributed by atoms with Crippen LogP contribution in [-0.2, 0) is 12.4 Å². The third-order valence-electron chi connectivity index (χ3n) is 4.07. The van der Waals surface area contributed by atoms with Crippen LogP contribution in [0.25, 0.3) is 0 Å². The summed E-state index contributed by atoms with van der Waals surface area (Å²) in [5.41, 5.74) is -3.62. The van der Waals surface area contributed by atoms with Crippen LogP contribution in [0.3, 0.4) is 0 Å². The molecule has 1 aromatic carbocycles. The summed E-state index contributed by atoms with van der Waals surface area (Å²) in [5.74, 6) is -0.622. The summed E-state index contributed by atoms with van der Waals surface area (Å²) in [6, 6.07) is -0.839. The van der Waals surface area contributed by atoms with Crippen molar-refractivity contribution >= 4 is 0 Å². The molecule has 0 unspecified atom stereocenters. The summed E-state index contributed by atoms with van der Waals surface area (Å²) >= 11 is 0. The lowest BCUT2D eigenvalue weighted by Gasteiger charge is -2.35. The Morgan fingerprint density at radius 2 is 1.68 bits per heavy atom. The average molecular weight is 374 g/mol. The number of benzene rings is 1. The number of methoxy groups -OCH3 is 1. The zero-order valence-electron chi connectivity index (χ0n) is 13.3. The second-order valence-corrected chi connectivity index (χ2v) is 5.59. The molecule has 1 heterocycles. The predicted molar refractivity (Wildman–Crippen MR) is 76.2 cm³/mol. The first-order valence-electron chi connectivity index (χ1n) is 7.46. The van der Waals surface area contributed by atoms with E-state index in [1.807, 2.05) is 0 Å². The molecule has 3 nitrogen and oxygen atoms in total. The molecule has 0 spiro atoms. The molecular formula is C15H17F7N2O. The highest BCUT2D eigenvalue weighted by Gasteiger charge is 2.42. The molecule has 2 rings (SSSR count). The highest BCUT2D eigenvalue weighted by molar-refractivity contribution is 5.48. The van der Waals surface area contributed by atoms with Gasteiger partial charge in [0.25, 0.3) is 0 Å². The average Bonchev–Trinajstić information content (AvgIpc) is 2.54. The van der Waals surface area contributed by atoms with Crippen LogP contribution in [0.15, 0.2) is 12.1 Å². The Morgan fingerprint density at radius 1 is 1.08 bits per heavy atom. The van der Waals surface area contributed by atoms with E-state index in [9.17, 15) is 30.7 Å². The number of rotatable bonds is 4. The van der Waals surface area contributed by atoms with Gasteiger partial charge in [0.05, 0.1) is 24.3 Å². The van der Waals surface area contributed by atoms with Gasteiger partial charge in [-0.05, 0) is 12.1 Å². The van der Waals surface area contributed by atoms with E-state index in [-0.39, 0.29) is 19.2 Å². The van der Waals surface area contributed by atoms with Crippen molar-refractivity contribution in [3.8, 4) is 5.75 Å². The molecule has 10 heteroatoms. The maximum atomic E-state index is 13.6. The molecule has 1 atom stereocenters. The van der Waals surface area contributed by atoms with Crippen molar-refractivity contribution in [1.29, 1.82) is 0 Å². The summed E-state index contributed by atoms with van der Waals surface area (Å²) in [4.78, 5) is 1.47. The van der Waals surface area contributed by atoms with Crippen LogP contribution in [0.2, 0.25) is 0 Å². The van der Waals surface area contributed by atoms with Crippen molar-refractivity contribution < 1.29 is 35.5 Å². The Bertz CT molecular complexity index is 595. The highest BCUT2D eigenvalue weighted by Crippen LogP contribution is 2.45. The zero-order valence-corrected chi connectivity index (χ0v) is 13.3. The highest BCUT2D eigenvalue weighted by atomic mass is 19.4. The summed E-state index contributed by atoms with van der Waals surface area (Å²) in [7, 11) is 0.964. The van der Waals surface area contributed by atoms with Crippen LogP contribution in [0, 0.1) is 0 Å². The number of halogens is 7.